The number of hydrogen-bond donors (Lipinski definition) is 2. The molecule has 8 heteroatoms. The molecule has 28 heavy (non-hydrogen) atoms. The summed E-state index contributed by atoms with van der Waals surface area (Å²) in [5, 5.41) is 0.290. The highest BCUT2D eigenvalue weighted by Gasteiger charge is 2.13. The quantitative estimate of drug-likeness (QED) is 0.660. The van der Waals surface area contributed by atoms with Crippen LogP contribution in [-0.2, 0) is 0 Å². The number of H-pyrrole nitrogens is 2. The summed E-state index contributed by atoms with van der Waals surface area (Å²) in [4.78, 5) is 30.1. The van der Waals surface area contributed by atoms with Gasteiger partial charge < -0.3 is 28.9 Å². The van der Waals surface area contributed by atoms with Crippen LogP contribution in [0.1, 0.15) is 11.1 Å². The fourth-order valence-electron chi connectivity index (χ4n) is 3.04. The van der Waals surface area contributed by atoms with E-state index < -0.39 is 11.1 Å². The zero-order valence-corrected chi connectivity index (χ0v) is 14.5. The van der Waals surface area contributed by atoms with Crippen molar-refractivity contribution in [1.82, 2.24) is 9.97 Å². The van der Waals surface area contributed by atoms with Gasteiger partial charge in [-0.3, -0.25) is 9.59 Å². The van der Waals surface area contributed by atoms with Crippen molar-refractivity contribution in [2.75, 3.05) is 13.6 Å². The fraction of sp³-hybridized carbons (Fsp3) is 0.100. The first-order chi connectivity index (χ1) is 13.7. The van der Waals surface area contributed by atoms with Gasteiger partial charge in [0.05, 0.1) is 0 Å². The smallest absolute Gasteiger partial charge is 0.272 e. The minimum absolute atomic E-state index is 0.145. The Balaban J connectivity index is 1.56. The molecular weight excluding hydrogens is 364 g/mol. The third-order valence-corrected chi connectivity index (χ3v) is 4.40. The number of hydrogen-bond acceptors (Lipinski definition) is 6. The number of aromatic amines is 2. The normalized spacial score (nSPS) is 15.3. The topological polar surface area (TPSA) is 103 Å². The molecule has 0 aliphatic carbocycles. The number of rotatable bonds is 2. The summed E-state index contributed by atoms with van der Waals surface area (Å²) < 4.78 is 21.2. The van der Waals surface area contributed by atoms with Gasteiger partial charge in [0.25, 0.3) is 11.1 Å². The molecule has 3 heterocycles. The standard InChI is InChI=1S/C20H14N2O6/c23-19-13(5-11-1-3-15-17(7-11)27-9-25-15)21-20(24)14(22-19)6-12-2-4-16-18(8-12)28-10-26-16/h1-8H,9-10H2,(H,21,24)(H,22,23)/b13-5-,14-6+. The molecule has 140 valence electrons. The van der Waals surface area contributed by atoms with E-state index in [-0.39, 0.29) is 24.3 Å². The Labute approximate surface area is 157 Å². The first-order valence-electron chi connectivity index (χ1n) is 8.51. The van der Waals surface area contributed by atoms with E-state index in [1.165, 1.54) is 0 Å². The van der Waals surface area contributed by atoms with Crippen LogP contribution >= 0.6 is 0 Å². The summed E-state index contributed by atoms with van der Waals surface area (Å²) >= 11 is 0. The highest BCUT2D eigenvalue weighted by Crippen LogP contribution is 2.33. The molecule has 0 saturated heterocycles. The lowest BCUT2D eigenvalue weighted by atomic mass is 10.2. The lowest BCUT2D eigenvalue weighted by molar-refractivity contribution is 0.173. The Morgan fingerprint density at radius 2 is 1.07 bits per heavy atom. The lowest BCUT2D eigenvalue weighted by Gasteiger charge is -1.98. The van der Waals surface area contributed by atoms with Crippen LogP contribution in [0.2, 0.25) is 0 Å². The molecule has 2 aliphatic heterocycles. The van der Waals surface area contributed by atoms with Crippen molar-refractivity contribution in [3.8, 4) is 23.0 Å². The zero-order valence-electron chi connectivity index (χ0n) is 14.5. The molecule has 0 atom stereocenters. The molecule has 5 rings (SSSR count). The largest absolute Gasteiger partial charge is 0.454 e. The monoisotopic (exact) mass is 378 g/mol. The highest BCUT2D eigenvalue weighted by molar-refractivity contribution is 5.57. The second-order valence-electron chi connectivity index (χ2n) is 6.25. The predicted octanol–water partition coefficient (Wildman–Crippen LogP) is 0.178. The fourth-order valence-corrected chi connectivity index (χ4v) is 3.04. The predicted molar refractivity (Wildman–Crippen MR) is 99.2 cm³/mol. The van der Waals surface area contributed by atoms with Crippen molar-refractivity contribution >= 4 is 12.2 Å². The van der Waals surface area contributed by atoms with Crippen LogP contribution in [0.4, 0.5) is 0 Å². The van der Waals surface area contributed by atoms with Gasteiger partial charge in [0.15, 0.2) is 23.0 Å². The maximum Gasteiger partial charge on any atom is 0.272 e. The van der Waals surface area contributed by atoms with Crippen molar-refractivity contribution in [3.05, 3.63) is 78.9 Å². The third-order valence-electron chi connectivity index (χ3n) is 4.40. The van der Waals surface area contributed by atoms with Crippen LogP contribution in [0.15, 0.2) is 46.0 Å². The van der Waals surface area contributed by atoms with E-state index in [1.54, 1.807) is 48.6 Å². The summed E-state index contributed by atoms with van der Waals surface area (Å²) in [7, 11) is 0. The van der Waals surface area contributed by atoms with Crippen LogP contribution in [0.25, 0.3) is 12.2 Å². The first kappa shape index (κ1) is 16.2. The Morgan fingerprint density at radius 3 is 1.54 bits per heavy atom. The van der Waals surface area contributed by atoms with E-state index in [2.05, 4.69) is 9.97 Å². The van der Waals surface area contributed by atoms with Crippen LogP contribution < -0.4 is 40.8 Å². The maximum atomic E-state index is 12.4. The number of fused-ring (bicyclic) bond motifs is 2. The van der Waals surface area contributed by atoms with Gasteiger partial charge in [-0.2, -0.15) is 0 Å². The Kier molecular flexibility index (Phi) is 3.68. The van der Waals surface area contributed by atoms with Crippen molar-refractivity contribution < 1.29 is 18.9 Å². The van der Waals surface area contributed by atoms with Crippen LogP contribution in [0.3, 0.4) is 0 Å². The van der Waals surface area contributed by atoms with Gasteiger partial charge in [-0.15, -0.1) is 0 Å². The summed E-state index contributed by atoms with van der Waals surface area (Å²) in [6, 6.07) is 10.5. The molecule has 0 spiro atoms. The second kappa shape index (κ2) is 6.34. The number of ether oxygens (including phenoxy) is 4. The van der Waals surface area contributed by atoms with Crippen molar-refractivity contribution in [2.24, 2.45) is 0 Å². The van der Waals surface area contributed by atoms with Crippen LogP contribution in [0, 0.1) is 0 Å². The molecule has 2 N–H and O–H groups in total. The molecule has 0 unspecified atom stereocenters. The molecule has 0 bridgehead atoms. The van der Waals surface area contributed by atoms with Crippen LogP contribution in [0.5, 0.6) is 23.0 Å². The van der Waals surface area contributed by atoms with Gasteiger partial charge in [-0.05, 0) is 47.5 Å². The van der Waals surface area contributed by atoms with E-state index in [4.69, 9.17) is 18.9 Å². The van der Waals surface area contributed by atoms with Crippen LogP contribution in [-0.4, -0.2) is 23.6 Å². The maximum absolute atomic E-state index is 12.4. The van der Waals surface area contributed by atoms with Gasteiger partial charge in [-0.1, -0.05) is 12.1 Å². The lowest BCUT2D eigenvalue weighted by Crippen LogP contribution is -2.46. The zero-order chi connectivity index (χ0) is 19.1. The van der Waals surface area contributed by atoms with Crippen molar-refractivity contribution in [1.29, 1.82) is 0 Å². The first-order valence-corrected chi connectivity index (χ1v) is 8.51. The van der Waals surface area contributed by atoms with Gasteiger partial charge in [0.1, 0.15) is 10.7 Å². The Bertz CT molecular complexity index is 1220. The Morgan fingerprint density at radius 1 is 0.643 bits per heavy atom. The summed E-state index contributed by atoms with van der Waals surface area (Å²) in [6.07, 6.45) is 3.15. The highest BCUT2D eigenvalue weighted by atomic mass is 16.7. The molecule has 2 aliphatic rings. The molecule has 0 amide bonds. The summed E-state index contributed by atoms with van der Waals surface area (Å²) in [5.74, 6) is 2.49. The number of benzene rings is 2. The minimum Gasteiger partial charge on any atom is -0.454 e. The Hall–Kier alpha value is -3.94. The summed E-state index contributed by atoms with van der Waals surface area (Å²) in [6.45, 7) is 0.335. The molecule has 8 nitrogen and oxygen atoms in total. The van der Waals surface area contributed by atoms with E-state index in [0.717, 1.165) is 0 Å². The molecule has 3 aromatic rings. The number of aromatic nitrogens is 2. The van der Waals surface area contributed by atoms with Crippen molar-refractivity contribution in [3.63, 3.8) is 0 Å². The average Bonchev–Trinajstić information content (AvgIpc) is 3.34. The van der Waals surface area contributed by atoms with Gasteiger partial charge in [0, 0.05) is 0 Å². The van der Waals surface area contributed by atoms with E-state index in [0.29, 0.717) is 34.1 Å². The van der Waals surface area contributed by atoms with Gasteiger partial charge in [-0.25, -0.2) is 0 Å². The second-order valence-corrected chi connectivity index (χ2v) is 6.25. The summed E-state index contributed by atoms with van der Waals surface area (Å²) in [5.41, 5.74) is 0.587. The average molecular weight is 378 g/mol. The van der Waals surface area contributed by atoms with Gasteiger partial charge in [0.2, 0.25) is 13.6 Å². The molecular formula is C20H14N2O6. The van der Waals surface area contributed by atoms with E-state index in [9.17, 15) is 9.59 Å². The van der Waals surface area contributed by atoms with Crippen molar-refractivity contribution in [2.45, 2.75) is 0 Å². The number of nitrogens with one attached hydrogen (secondary N) is 2. The molecule has 0 radical (unpaired) electrons. The minimum atomic E-state index is -0.413. The molecule has 1 aromatic heterocycles. The molecule has 2 aromatic carbocycles. The van der Waals surface area contributed by atoms with E-state index in [1.807, 2.05) is 0 Å². The molecule has 0 fully saturated rings. The van der Waals surface area contributed by atoms with Gasteiger partial charge >= 0.3 is 0 Å². The SMILES string of the molecule is O=c1[nH]/c(=C/c2ccc3c(c2)OCO3)c(=O)[nH]/c1=C\c1ccc2c(c1)OCO2. The van der Waals surface area contributed by atoms with E-state index >= 15 is 0 Å². The molecule has 0 saturated carbocycles. The third kappa shape index (κ3) is 2.90.